The molecule has 0 radical (unpaired) electrons. The molecule has 0 spiro atoms. The van der Waals surface area contributed by atoms with Gasteiger partial charge in [0.1, 0.15) is 18.5 Å². The molecule has 0 saturated heterocycles. The lowest BCUT2D eigenvalue weighted by molar-refractivity contribution is -0.124. The van der Waals surface area contributed by atoms with Gasteiger partial charge < -0.3 is 15.0 Å². The molecule has 1 aliphatic carbocycles. The quantitative estimate of drug-likeness (QED) is 0.706. The molecule has 150 valence electrons. The fourth-order valence-electron chi connectivity index (χ4n) is 3.94. The van der Waals surface area contributed by atoms with Crippen LogP contribution in [-0.2, 0) is 4.74 Å². The Kier molecular flexibility index (Phi) is 4.60. The number of aromatic nitrogens is 5. The number of hydrogen-bond acceptors (Lipinski definition) is 5. The SMILES string of the molecule is CC[C@@H]1C[C@H](OC(=O)NCC(F)(F)F)C[C@@H]1c1nnc2cnc3[nH]ccc3n12. The molecule has 0 aromatic carbocycles. The first kappa shape index (κ1) is 18.5. The van der Waals surface area contributed by atoms with Crippen LogP contribution in [0.25, 0.3) is 16.8 Å². The second kappa shape index (κ2) is 6.95. The summed E-state index contributed by atoms with van der Waals surface area (Å²) in [4.78, 5) is 19.1. The van der Waals surface area contributed by atoms with Crippen molar-refractivity contribution in [3.05, 3.63) is 24.3 Å². The number of halogens is 3. The molecule has 3 aromatic rings. The molecule has 2 N–H and O–H groups in total. The fraction of sp³-hybridized carbons (Fsp3) is 0.529. The molecule has 3 atom stereocenters. The topological polar surface area (TPSA) is 97.2 Å². The van der Waals surface area contributed by atoms with Crippen molar-refractivity contribution in [3.63, 3.8) is 0 Å². The van der Waals surface area contributed by atoms with Crippen LogP contribution in [-0.4, -0.2) is 49.5 Å². The van der Waals surface area contributed by atoms with Crippen LogP contribution in [0.4, 0.5) is 18.0 Å². The van der Waals surface area contributed by atoms with Crippen molar-refractivity contribution < 1.29 is 22.7 Å². The number of H-pyrrole nitrogens is 1. The second-order valence-electron chi connectivity index (χ2n) is 6.96. The van der Waals surface area contributed by atoms with Crippen molar-refractivity contribution in [1.29, 1.82) is 0 Å². The number of nitrogens with zero attached hydrogens (tertiary/aromatic N) is 4. The number of fused-ring (bicyclic) bond motifs is 3. The molecule has 0 aliphatic heterocycles. The van der Waals surface area contributed by atoms with Crippen LogP contribution in [0.3, 0.4) is 0 Å². The zero-order chi connectivity index (χ0) is 19.9. The van der Waals surface area contributed by atoms with Crippen LogP contribution in [0, 0.1) is 5.92 Å². The summed E-state index contributed by atoms with van der Waals surface area (Å²) in [6.07, 6.45) is -0.720. The summed E-state index contributed by atoms with van der Waals surface area (Å²) in [5, 5.41) is 10.3. The average Bonchev–Trinajstić information content (AvgIpc) is 3.35. The van der Waals surface area contributed by atoms with E-state index in [0.717, 1.165) is 17.8 Å². The minimum atomic E-state index is -4.47. The smallest absolute Gasteiger partial charge is 0.407 e. The molecule has 28 heavy (non-hydrogen) atoms. The van der Waals surface area contributed by atoms with Crippen LogP contribution >= 0.6 is 0 Å². The summed E-state index contributed by atoms with van der Waals surface area (Å²) in [6, 6.07) is 1.89. The van der Waals surface area contributed by atoms with Crippen LogP contribution in [0.1, 0.15) is 37.9 Å². The number of carbonyl (C=O) groups is 1. The highest BCUT2D eigenvalue weighted by Crippen LogP contribution is 2.42. The standard InChI is InChI=1S/C17H19F3N6O2/c1-2-9-5-10(28-16(27)23-8-17(18,19)20)6-11(9)15-25-24-13-7-22-14-12(26(13)15)3-4-21-14/h3-4,7,9-11,21H,2,5-6,8H2,1H3,(H,23,27)/t9-,10+,11+/m1/s1. The number of nitrogens with one attached hydrogen (secondary N) is 2. The van der Waals surface area contributed by atoms with E-state index in [9.17, 15) is 18.0 Å². The summed E-state index contributed by atoms with van der Waals surface area (Å²) in [6.45, 7) is 0.618. The van der Waals surface area contributed by atoms with E-state index in [-0.39, 0.29) is 11.8 Å². The van der Waals surface area contributed by atoms with Gasteiger partial charge in [0.15, 0.2) is 11.3 Å². The molecule has 0 bridgehead atoms. The number of ether oxygens (including phenoxy) is 1. The van der Waals surface area contributed by atoms with Gasteiger partial charge in [-0.1, -0.05) is 13.3 Å². The summed E-state index contributed by atoms with van der Waals surface area (Å²) in [7, 11) is 0. The van der Waals surface area contributed by atoms with E-state index in [1.165, 1.54) is 0 Å². The third-order valence-corrected chi connectivity index (χ3v) is 5.18. The molecule has 3 aromatic heterocycles. The number of aromatic amines is 1. The van der Waals surface area contributed by atoms with Gasteiger partial charge in [-0.3, -0.25) is 4.40 Å². The zero-order valence-electron chi connectivity index (χ0n) is 15.0. The second-order valence-corrected chi connectivity index (χ2v) is 6.96. The number of alkyl halides is 3. The Morgan fingerprint density at radius 3 is 2.96 bits per heavy atom. The van der Waals surface area contributed by atoms with Crippen molar-refractivity contribution >= 4 is 22.9 Å². The maximum atomic E-state index is 12.2. The van der Waals surface area contributed by atoms with Gasteiger partial charge in [0.2, 0.25) is 0 Å². The number of amides is 1. The summed E-state index contributed by atoms with van der Waals surface area (Å²) in [5.74, 6) is 0.895. The number of carbonyl (C=O) groups excluding carboxylic acids is 1. The zero-order valence-corrected chi connectivity index (χ0v) is 15.0. The first-order chi connectivity index (χ1) is 13.4. The Labute approximate surface area is 157 Å². The largest absolute Gasteiger partial charge is 0.446 e. The molecule has 11 heteroatoms. The van der Waals surface area contributed by atoms with Gasteiger partial charge in [0, 0.05) is 12.1 Å². The van der Waals surface area contributed by atoms with Crippen molar-refractivity contribution in [3.8, 4) is 0 Å². The number of rotatable bonds is 4. The first-order valence-electron chi connectivity index (χ1n) is 9.04. The average molecular weight is 396 g/mol. The third-order valence-electron chi connectivity index (χ3n) is 5.18. The normalized spacial score (nSPS) is 22.8. The van der Waals surface area contributed by atoms with Crippen LogP contribution in [0.2, 0.25) is 0 Å². The minimum Gasteiger partial charge on any atom is -0.446 e. The Bertz CT molecular complexity index is 998. The maximum absolute atomic E-state index is 12.2. The third kappa shape index (κ3) is 3.48. The van der Waals surface area contributed by atoms with Gasteiger partial charge in [-0.25, -0.2) is 9.78 Å². The van der Waals surface area contributed by atoms with Crippen LogP contribution < -0.4 is 5.32 Å². The Morgan fingerprint density at radius 1 is 1.39 bits per heavy atom. The maximum Gasteiger partial charge on any atom is 0.407 e. The lowest BCUT2D eigenvalue weighted by Gasteiger charge is -2.15. The molecular weight excluding hydrogens is 377 g/mol. The van der Waals surface area contributed by atoms with Gasteiger partial charge in [-0.15, -0.1) is 10.2 Å². The number of alkyl carbamates (subject to hydrolysis) is 1. The van der Waals surface area contributed by atoms with E-state index < -0.39 is 24.9 Å². The summed E-state index contributed by atoms with van der Waals surface area (Å²) >= 11 is 0. The highest BCUT2D eigenvalue weighted by atomic mass is 19.4. The Hall–Kier alpha value is -2.85. The first-order valence-corrected chi connectivity index (χ1v) is 9.04. The van der Waals surface area contributed by atoms with E-state index in [0.29, 0.717) is 24.1 Å². The van der Waals surface area contributed by atoms with Crippen LogP contribution in [0.15, 0.2) is 18.5 Å². The minimum absolute atomic E-state index is 0.0269. The lowest BCUT2D eigenvalue weighted by Crippen LogP contribution is -2.35. The molecule has 1 fully saturated rings. The Balaban J connectivity index is 1.54. The fourth-order valence-corrected chi connectivity index (χ4v) is 3.94. The van der Waals surface area contributed by atoms with E-state index in [1.54, 1.807) is 17.7 Å². The highest BCUT2D eigenvalue weighted by molar-refractivity contribution is 5.74. The van der Waals surface area contributed by atoms with Crippen molar-refractivity contribution in [1.82, 2.24) is 29.9 Å². The van der Waals surface area contributed by atoms with E-state index in [1.807, 2.05) is 17.4 Å². The monoisotopic (exact) mass is 396 g/mol. The molecule has 4 rings (SSSR count). The van der Waals surface area contributed by atoms with E-state index in [4.69, 9.17) is 4.74 Å². The Morgan fingerprint density at radius 2 is 2.21 bits per heavy atom. The molecule has 8 nitrogen and oxygen atoms in total. The molecule has 1 aliphatic rings. The highest BCUT2D eigenvalue weighted by Gasteiger charge is 2.39. The van der Waals surface area contributed by atoms with Crippen molar-refractivity contribution in [2.45, 2.75) is 44.4 Å². The molecule has 3 heterocycles. The van der Waals surface area contributed by atoms with Gasteiger partial charge in [0.05, 0.1) is 11.7 Å². The van der Waals surface area contributed by atoms with E-state index >= 15 is 0 Å². The summed E-state index contributed by atoms with van der Waals surface area (Å²) < 4.78 is 43.9. The van der Waals surface area contributed by atoms with E-state index in [2.05, 4.69) is 20.2 Å². The molecule has 1 amide bonds. The van der Waals surface area contributed by atoms with Gasteiger partial charge in [-0.05, 0) is 24.8 Å². The summed E-state index contributed by atoms with van der Waals surface area (Å²) in [5.41, 5.74) is 2.17. The van der Waals surface area contributed by atoms with Gasteiger partial charge in [-0.2, -0.15) is 13.2 Å². The predicted octanol–water partition coefficient (Wildman–Crippen LogP) is 3.17. The van der Waals surface area contributed by atoms with Crippen LogP contribution in [0.5, 0.6) is 0 Å². The van der Waals surface area contributed by atoms with Gasteiger partial charge in [0.25, 0.3) is 0 Å². The molecule has 0 unspecified atom stereocenters. The number of hydrogen-bond donors (Lipinski definition) is 2. The van der Waals surface area contributed by atoms with Gasteiger partial charge >= 0.3 is 12.3 Å². The lowest BCUT2D eigenvalue weighted by atomic mass is 9.93. The predicted molar refractivity (Wildman–Crippen MR) is 92.7 cm³/mol. The van der Waals surface area contributed by atoms with Crippen molar-refractivity contribution in [2.75, 3.05) is 6.54 Å². The van der Waals surface area contributed by atoms with Crippen molar-refractivity contribution in [2.24, 2.45) is 5.92 Å². The molecular formula is C17H19F3N6O2. The molecule has 1 saturated carbocycles.